The van der Waals surface area contributed by atoms with Crippen LogP contribution in [0.5, 0.6) is 5.75 Å². The molecule has 0 saturated heterocycles. The van der Waals surface area contributed by atoms with Crippen molar-refractivity contribution in [2.24, 2.45) is 0 Å². The number of fused-ring (bicyclic) bond motifs is 2. The predicted molar refractivity (Wildman–Crippen MR) is 87.7 cm³/mol. The van der Waals surface area contributed by atoms with Gasteiger partial charge in [-0.3, -0.25) is 9.36 Å². The zero-order valence-electron chi connectivity index (χ0n) is 12.5. The molecule has 2 aromatic heterocycles. The number of imidazole rings is 1. The van der Waals surface area contributed by atoms with Crippen LogP contribution in [0.25, 0.3) is 21.9 Å². The number of rotatable bonds is 3. The smallest absolute Gasteiger partial charge is 0.262 e. The third-order valence-corrected chi connectivity index (χ3v) is 3.86. The van der Waals surface area contributed by atoms with Crippen LogP contribution in [-0.4, -0.2) is 26.2 Å². The molecule has 4 rings (SSSR count). The van der Waals surface area contributed by atoms with E-state index in [2.05, 4.69) is 9.97 Å². The van der Waals surface area contributed by atoms with Crippen molar-refractivity contribution in [2.45, 2.75) is 6.67 Å². The van der Waals surface area contributed by atoms with Crippen LogP contribution < -0.4 is 10.3 Å². The number of aromatic nitrogens is 4. The van der Waals surface area contributed by atoms with Crippen LogP contribution in [0.1, 0.15) is 0 Å². The highest BCUT2D eigenvalue weighted by atomic mass is 16.5. The van der Waals surface area contributed by atoms with Gasteiger partial charge in [-0.1, -0.05) is 12.1 Å². The quantitative estimate of drug-likeness (QED) is 0.582. The average Bonchev–Trinajstić information content (AvgIpc) is 3.00. The fourth-order valence-corrected chi connectivity index (χ4v) is 2.65. The minimum atomic E-state index is -0.0876. The molecule has 0 fully saturated rings. The van der Waals surface area contributed by atoms with Crippen molar-refractivity contribution < 1.29 is 4.74 Å². The van der Waals surface area contributed by atoms with Crippen molar-refractivity contribution in [1.29, 1.82) is 0 Å². The Bertz CT molecular complexity index is 1070. The van der Waals surface area contributed by atoms with E-state index in [1.807, 2.05) is 28.8 Å². The molecule has 0 radical (unpaired) electrons. The van der Waals surface area contributed by atoms with Crippen LogP contribution in [-0.2, 0) is 6.67 Å². The van der Waals surface area contributed by atoms with Crippen LogP contribution in [0, 0.1) is 0 Å². The lowest BCUT2D eigenvalue weighted by atomic mass is 10.2. The summed E-state index contributed by atoms with van der Waals surface area (Å²) >= 11 is 0. The van der Waals surface area contributed by atoms with Gasteiger partial charge in [-0.15, -0.1) is 0 Å². The van der Waals surface area contributed by atoms with Gasteiger partial charge in [0.15, 0.2) is 0 Å². The van der Waals surface area contributed by atoms with Crippen LogP contribution in [0.4, 0.5) is 0 Å². The molecule has 0 bridgehead atoms. The van der Waals surface area contributed by atoms with E-state index >= 15 is 0 Å². The number of methoxy groups -OCH3 is 1. The summed E-state index contributed by atoms with van der Waals surface area (Å²) in [5, 5.41) is 0.567. The Morgan fingerprint density at radius 3 is 2.65 bits per heavy atom. The van der Waals surface area contributed by atoms with Gasteiger partial charge in [0, 0.05) is 6.07 Å². The molecular formula is C17H14N4O2. The molecule has 23 heavy (non-hydrogen) atoms. The van der Waals surface area contributed by atoms with Gasteiger partial charge >= 0.3 is 0 Å². The number of ether oxygens (including phenoxy) is 1. The SMILES string of the molecule is COc1ccc2c(=O)n(Cn3cnc4ccccc43)cnc2c1. The lowest BCUT2D eigenvalue weighted by Gasteiger charge is -2.09. The second-order valence-corrected chi connectivity index (χ2v) is 5.25. The molecule has 2 heterocycles. The summed E-state index contributed by atoms with van der Waals surface area (Å²) in [6.45, 7) is 0.369. The molecule has 0 atom stereocenters. The van der Waals surface area contributed by atoms with Gasteiger partial charge in [-0.05, 0) is 24.3 Å². The molecule has 0 aliphatic heterocycles. The maximum atomic E-state index is 12.6. The third-order valence-electron chi connectivity index (χ3n) is 3.86. The van der Waals surface area contributed by atoms with Crippen molar-refractivity contribution in [1.82, 2.24) is 19.1 Å². The minimum Gasteiger partial charge on any atom is -0.497 e. The summed E-state index contributed by atoms with van der Waals surface area (Å²) in [5.74, 6) is 0.683. The van der Waals surface area contributed by atoms with E-state index in [4.69, 9.17) is 4.74 Å². The van der Waals surface area contributed by atoms with Gasteiger partial charge in [-0.25, -0.2) is 9.97 Å². The second-order valence-electron chi connectivity index (χ2n) is 5.25. The summed E-state index contributed by atoms with van der Waals surface area (Å²) in [7, 11) is 1.59. The van der Waals surface area contributed by atoms with E-state index in [0.717, 1.165) is 11.0 Å². The van der Waals surface area contributed by atoms with Gasteiger partial charge in [-0.2, -0.15) is 0 Å². The molecule has 4 aromatic rings. The maximum Gasteiger partial charge on any atom is 0.262 e. The lowest BCUT2D eigenvalue weighted by molar-refractivity contribution is 0.415. The first-order valence-corrected chi connectivity index (χ1v) is 7.19. The third kappa shape index (κ3) is 2.24. The molecule has 0 aliphatic rings. The number of hydrogen-bond acceptors (Lipinski definition) is 4. The fraction of sp³-hybridized carbons (Fsp3) is 0.118. The first-order valence-electron chi connectivity index (χ1n) is 7.19. The van der Waals surface area contributed by atoms with E-state index in [1.165, 1.54) is 0 Å². The molecule has 0 spiro atoms. The Kier molecular flexibility index (Phi) is 3.08. The van der Waals surface area contributed by atoms with E-state index in [1.54, 1.807) is 42.5 Å². The minimum absolute atomic E-state index is 0.0876. The molecule has 6 nitrogen and oxygen atoms in total. The van der Waals surface area contributed by atoms with Crippen LogP contribution >= 0.6 is 0 Å². The van der Waals surface area contributed by atoms with E-state index in [9.17, 15) is 4.79 Å². The molecular weight excluding hydrogens is 292 g/mol. The van der Waals surface area contributed by atoms with Crippen molar-refractivity contribution >= 4 is 21.9 Å². The predicted octanol–water partition coefficient (Wildman–Crippen LogP) is 2.26. The number of para-hydroxylation sites is 2. The normalized spacial score (nSPS) is 11.2. The highest BCUT2D eigenvalue weighted by Gasteiger charge is 2.07. The summed E-state index contributed by atoms with van der Waals surface area (Å²) in [6, 6.07) is 13.1. The summed E-state index contributed by atoms with van der Waals surface area (Å²) in [4.78, 5) is 21.3. The van der Waals surface area contributed by atoms with Gasteiger partial charge in [0.05, 0.1) is 41.7 Å². The lowest BCUT2D eigenvalue weighted by Crippen LogP contribution is -2.23. The van der Waals surface area contributed by atoms with E-state index < -0.39 is 0 Å². The van der Waals surface area contributed by atoms with E-state index in [0.29, 0.717) is 23.3 Å². The molecule has 0 amide bonds. The second kappa shape index (κ2) is 5.24. The van der Waals surface area contributed by atoms with Crippen molar-refractivity contribution in [3.05, 3.63) is 65.5 Å². The Labute approximate surface area is 131 Å². The molecule has 0 N–H and O–H groups in total. The van der Waals surface area contributed by atoms with Crippen molar-refractivity contribution in [3.8, 4) is 5.75 Å². The monoisotopic (exact) mass is 306 g/mol. The zero-order valence-corrected chi connectivity index (χ0v) is 12.5. The summed E-state index contributed by atoms with van der Waals surface area (Å²) < 4.78 is 8.66. The maximum absolute atomic E-state index is 12.6. The summed E-state index contributed by atoms with van der Waals surface area (Å²) in [5.41, 5.74) is 2.42. The molecule has 0 saturated carbocycles. The first kappa shape index (κ1) is 13.5. The van der Waals surface area contributed by atoms with Gasteiger partial charge in [0.2, 0.25) is 0 Å². The van der Waals surface area contributed by atoms with Crippen LogP contribution in [0.15, 0.2) is 59.9 Å². The Hall–Kier alpha value is -3.15. The van der Waals surface area contributed by atoms with Crippen LogP contribution in [0.3, 0.4) is 0 Å². The molecule has 114 valence electrons. The average molecular weight is 306 g/mol. The zero-order chi connectivity index (χ0) is 15.8. The Balaban J connectivity index is 1.80. The number of benzene rings is 2. The number of nitrogens with zero attached hydrogens (tertiary/aromatic N) is 4. The molecule has 0 unspecified atom stereocenters. The van der Waals surface area contributed by atoms with Crippen molar-refractivity contribution in [3.63, 3.8) is 0 Å². The molecule has 2 aromatic carbocycles. The van der Waals surface area contributed by atoms with Gasteiger partial charge in [0.1, 0.15) is 12.4 Å². The van der Waals surface area contributed by atoms with Gasteiger partial charge in [0.25, 0.3) is 5.56 Å². The Morgan fingerprint density at radius 1 is 1.00 bits per heavy atom. The highest BCUT2D eigenvalue weighted by molar-refractivity contribution is 5.79. The Morgan fingerprint density at radius 2 is 1.78 bits per heavy atom. The summed E-state index contributed by atoms with van der Waals surface area (Å²) in [6.07, 6.45) is 3.29. The standard InChI is InChI=1S/C17H14N4O2/c1-23-12-6-7-13-15(8-12)19-10-21(17(13)22)11-20-9-18-14-4-2-3-5-16(14)20/h2-10H,11H2,1H3. The first-order chi connectivity index (χ1) is 11.3. The molecule has 6 heteroatoms. The van der Waals surface area contributed by atoms with Crippen molar-refractivity contribution in [2.75, 3.05) is 7.11 Å². The highest BCUT2D eigenvalue weighted by Crippen LogP contribution is 2.16. The van der Waals surface area contributed by atoms with Crippen LogP contribution in [0.2, 0.25) is 0 Å². The molecule has 0 aliphatic carbocycles. The van der Waals surface area contributed by atoms with E-state index in [-0.39, 0.29) is 5.56 Å². The number of hydrogen-bond donors (Lipinski definition) is 0. The van der Waals surface area contributed by atoms with Gasteiger partial charge < -0.3 is 9.30 Å². The fourth-order valence-electron chi connectivity index (χ4n) is 2.65. The topological polar surface area (TPSA) is 61.9 Å². The largest absolute Gasteiger partial charge is 0.497 e.